The summed E-state index contributed by atoms with van der Waals surface area (Å²) in [4.78, 5) is 59.5. The Hall–Kier alpha value is -3.96. The number of nitrogens with one attached hydrogen (secondary N) is 1. The molecule has 2 aliphatic heterocycles. The van der Waals surface area contributed by atoms with Gasteiger partial charge in [-0.3, -0.25) is 19.2 Å². The smallest absolute Gasteiger partial charge is 0.253 e. The average molecular weight is 598 g/mol. The molecular formula is C30H40ClN7O4. The third kappa shape index (κ3) is 8.07. The molecule has 0 radical (unpaired) electrons. The Morgan fingerprint density at radius 2 is 1.55 bits per heavy atom. The van der Waals surface area contributed by atoms with Crippen molar-refractivity contribution >= 4 is 47.5 Å². The molecule has 12 heteroatoms. The molecule has 0 aliphatic carbocycles. The van der Waals surface area contributed by atoms with E-state index in [2.05, 4.69) is 11.9 Å². The number of likely N-dealkylation sites (tertiary alicyclic amines) is 1. The molecule has 226 valence electrons. The maximum Gasteiger partial charge on any atom is 0.253 e. The number of piperazine rings is 1. The molecule has 0 bridgehead atoms. The van der Waals surface area contributed by atoms with Crippen molar-refractivity contribution in [2.75, 3.05) is 51.1 Å². The van der Waals surface area contributed by atoms with Crippen LogP contribution in [0.3, 0.4) is 0 Å². The minimum absolute atomic E-state index is 0. The Morgan fingerprint density at radius 3 is 2.14 bits per heavy atom. The van der Waals surface area contributed by atoms with E-state index in [1.165, 1.54) is 6.08 Å². The summed E-state index contributed by atoms with van der Waals surface area (Å²) in [6.07, 6.45) is 4.96. The fourth-order valence-electron chi connectivity index (χ4n) is 5.27. The van der Waals surface area contributed by atoms with E-state index in [9.17, 15) is 19.2 Å². The standard InChI is InChI=1S/C30H39N7O4.ClH/c1-2-26(38)35-15-12-21(13-16-35)25-11-10-24(28(32)40)29(34-25)33-23-8-6-22(7-9-23)30(41)37-19-17-36(18-20-37)27(39)5-3-4-14-31;/h2,6-11,21H,1,3-5,12-20,31H2,(H2,32,40)(H,33,34);1H. The maximum atomic E-state index is 13.1. The predicted octanol–water partition coefficient (Wildman–Crippen LogP) is 2.65. The molecule has 3 heterocycles. The minimum atomic E-state index is -0.596. The molecule has 42 heavy (non-hydrogen) atoms. The average Bonchev–Trinajstić information content (AvgIpc) is 3.00. The van der Waals surface area contributed by atoms with E-state index in [1.54, 1.807) is 40.1 Å². The number of carbonyl (C=O) groups excluding carboxylic acids is 4. The number of amides is 4. The van der Waals surface area contributed by atoms with Crippen molar-refractivity contribution in [2.24, 2.45) is 11.5 Å². The lowest BCUT2D eigenvalue weighted by atomic mass is 9.92. The zero-order valence-electron chi connectivity index (χ0n) is 23.8. The van der Waals surface area contributed by atoms with E-state index in [4.69, 9.17) is 16.5 Å². The molecule has 0 unspecified atom stereocenters. The van der Waals surface area contributed by atoms with Crippen molar-refractivity contribution in [3.63, 3.8) is 0 Å². The third-order valence-corrected chi connectivity index (χ3v) is 7.74. The van der Waals surface area contributed by atoms with Gasteiger partial charge in [-0.1, -0.05) is 6.58 Å². The third-order valence-electron chi connectivity index (χ3n) is 7.74. The molecule has 4 rings (SSSR count). The number of aromatic nitrogens is 1. The molecule has 2 aromatic rings. The molecule has 0 saturated carbocycles. The molecule has 0 spiro atoms. The number of benzene rings is 1. The number of unbranched alkanes of at least 4 members (excludes halogenated alkanes) is 1. The fraction of sp³-hybridized carbons (Fsp3) is 0.433. The number of primary amides is 1. The van der Waals surface area contributed by atoms with Crippen molar-refractivity contribution < 1.29 is 19.2 Å². The van der Waals surface area contributed by atoms with Gasteiger partial charge >= 0.3 is 0 Å². The summed E-state index contributed by atoms with van der Waals surface area (Å²) < 4.78 is 0. The van der Waals surface area contributed by atoms with Crippen molar-refractivity contribution in [1.29, 1.82) is 0 Å². The predicted molar refractivity (Wildman–Crippen MR) is 164 cm³/mol. The van der Waals surface area contributed by atoms with Gasteiger partial charge in [-0.05, 0) is 74.7 Å². The number of anilines is 2. The van der Waals surface area contributed by atoms with Crippen LogP contribution in [-0.2, 0) is 9.59 Å². The zero-order chi connectivity index (χ0) is 29.4. The summed E-state index contributed by atoms with van der Waals surface area (Å²) >= 11 is 0. The highest BCUT2D eigenvalue weighted by Crippen LogP contribution is 2.30. The van der Waals surface area contributed by atoms with Crippen molar-refractivity contribution in [1.82, 2.24) is 19.7 Å². The summed E-state index contributed by atoms with van der Waals surface area (Å²) in [6, 6.07) is 10.5. The van der Waals surface area contributed by atoms with E-state index in [1.807, 2.05) is 11.0 Å². The highest BCUT2D eigenvalue weighted by atomic mass is 35.5. The first-order valence-electron chi connectivity index (χ1n) is 14.2. The van der Waals surface area contributed by atoms with Gasteiger partial charge in [0.1, 0.15) is 5.82 Å². The lowest BCUT2D eigenvalue weighted by Crippen LogP contribution is -2.50. The maximum absolute atomic E-state index is 13.1. The van der Waals surface area contributed by atoms with Gasteiger partial charge in [0.25, 0.3) is 11.8 Å². The number of piperidine rings is 1. The molecule has 2 fully saturated rings. The summed E-state index contributed by atoms with van der Waals surface area (Å²) in [5, 5.41) is 3.19. The molecule has 4 amide bonds. The minimum Gasteiger partial charge on any atom is -0.365 e. The van der Waals surface area contributed by atoms with Crippen LogP contribution in [0, 0.1) is 0 Å². The van der Waals surface area contributed by atoms with Crippen LogP contribution in [0.2, 0.25) is 0 Å². The van der Waals surface area contributed by atoms with Gasteiger partial charge in [0, 0.05) is 68.6 Å². The number of carbonyl (C=O) groups is 4. The Kier molecular flexibility index (Phi) is 11.9. The number of nitrogens with two attached hydrogens (primary N) is 2. The van der Waals surface area contributed by atoms with Crippen LogP contribution in [0.15, 0.2) is 49.1 Å². The van der Waals surface area contributed by atoms with Gasteiger partial charge in [0.05, 0.1) is 5.56 Å². The molecule has 1 aromatic carbocycles. The normalized spacial score (nSPS) is 15.5. The van der Waals surface area contributed by atoms with E-state index >= 15 is 0 Å². The molecule has 2 aliphatic rings. The molecule has 2 saturated heterocycles. The molecule has 5 N–H and O–H groups in total. The van der Waals surface area contributed by atoms with Crippen molar-refractivity contribution in [2.45, 2.75) is 38.0 Å². The van der Waals surface area contributed by atoms with Crippen LogP contribution >= 0.6 is 12.4 Å². The van der Waals surface area contributed by atoms with E-state index in [-0.39, 0.29) is 41.6 Å². The first kappa shape index (κ1) is 32.6. The second kappa shape index (κ2) is 15.3. The van der Waals surface area contributed by atoms with E-state index in [0.717, 1.165) is 31.4 Å². The number of pyridine rings is 1. The van der Waals surface area contributed by atoms with E-state index < -0.39 is 5.91 Å². The number of halogens is 1. The fourth-order valence-corrected chi connectivity index (χ4v) is 5.27. The number of hydrogen-bond acceptors (Lipinski definition) is 7. The van der Waals surface area contributed by atoms with Crippen LogP contribution in [0.25, 0.3) is 0 Å². The largest absolute Gasteiger partial charge is 0.365 e. The second-order valence-corrected chi connectivity index (χ2v) is 10.4. The topological polar surface area (TPSA) is 155 Å². The van der Waals surface area contributed by atoms with Crippen LogP contribution in [0.4, 0.5) is 11.5 Å². The van der Waals surface area contributed by atoms with Crippen LogP contribution < -0.4 is 16.8 Å². The van der Waals surface area contributed by atoms with E-state index in [0.29, 0.717) is 69.3 Å². The lowest BCUT2D eigenvalue weighted by molar-refractivity contribution is -0.132. The van der Waals surface area contributed by atoms with Crippen molar-refractivity contribution in [3.05, 3.63) is 65.9 Å². The van der Waals surface area contributed by atoms with Gasteiger partial charge in [-0.25, -0.2) is 4.98 Å². The molecule has 0 atom stereocenters. The van der Waals surface area contributed by atoms with Crippen molar-refractivity contribution in [3.8, 4) is 0 Å². The number of hydrogen-bond donors (Lipinski definition) is 3. The number of rotatable bonds is 10. The Balaban J connectivity index is 0.00000484. The highest BCUT2D eigenvalue weighted by Gasteiger charge is 2.26. The number of nitrogens with zero attached hydrogens (tertiary/aromatic N) is 4. The second-order valence-electron chi connectivity index (χ2n) is 10.4. The van der Waals surface area contributed by atoms with Crippen LogP contribution in [-0.4, -0.2) is 89.1 Å². The molecular weight excluding hydrogens is 558 g/mol. The van der Waals surface area contributed by atoms with Crippen LogP contribution in [0.5, 0.6) is 0 Å². The SMILES string of the molecule is C=CC(=O)N1CCC(c2ccc(C(N)=O)c(Nc3ccc(C(=O)N4CCN(C(=O)CCCCN)CC4)cc3)n2)CC1.Cl. The Bertz CT molecular complexity index is 1270. The summed E-state index contributed by atoms with van der Waals surface area (Å²) in [6.45, 7) is 7.39. The van der Waals surface area contributed by atoms with Gasteiger partial charge in [0.2, 0.25) is 11.8 Å². The van der Waals surface area contributed by atoms with Gasteiger partial charge in [-0.15, -0.1) is 12.4 Å². The summed E-state index contributed by atoms with van der Waals surface area (Å²) in [7, 11) is 0. The Morgan fingerprint density at radius 1 is 0.905 bits per heavy atom. The summed E-state index contributed by atoms with van der Waals surface area (Å²) in [5.74, 6) is -0.148. The lowest BCUT2D eigenvalue weighted by Gasteiger charge is -2.35. The quantitative estimate of drug-likeness (QED) is 0.281. The van der Waals surface area contributed by atoms with Gasteiger partial charge < -0.3 is 31.5 Å². The first-order chi connectivity index (χ1) is 19.8. The zero-order valence-corrected chi connectivity index (χ0v) is 24.6. The first-order valence-corrected chi connectivity index (χ1v) is 14.2. The molecule has 1 aromatic heterocycles. The van der Waals surface area contributed by atoms with Crippen LogP contribution in [0.1, 0.15) is 64.4 Å². The highest BCUT2D eigenvalue weighted by molar-refractivity contribution is 5.98. The summed E-state index contributed by atoms with van der Waals surface area (Å²) in [5.41, 5.74) is 13.4. The Labute approximate surface area is 252 Å². The van der Waals surface area contributed by atoms with Gasteiger partial charge in [0.15, 0.2) is 0 Å². The van der Waals surface area contributed by atoms with Gasteiger partial charge in [-0.2, -0.15) is 0 Å². The molecule has 11 nitrogen and oxygen atoms in total. The monoisotopic (exact) mass is 597 g/mol.